The Bertz CT molecular complexity index is 1800. The Morgan fingerprint density at radius 2 is 1.54 bits per heavy atom. The Labute approximate surface area is 281 Å². The molecular formula is C36H40N4O7S. The van der Waals surface area contributed by atoms with Crippen molar-refractivity contribution in [2.75, 3.05) is 24.5 Å². The molecule has 0 aliphatic rings. The number of nitro groups is 1. The number of hydrogen-bond donors (Lipinski definition) is 1. The molecule has 0 unspecified atom stereocenters. The Morgan fingerprint density at radius 1 is 0.917 bits per heavy atom. The number of carbonyl (C=O) groups excluding carboxylic acids is 2. The van der Waals surface area contributed by atoms with Crippen LogP contribution in [-0.4, -0.2) is 56.3 Å². The fourth-order valence-corrected chi connectivity index (χ4v) is 6.63. The molecule has 252 valence electrons. The van der Waals surface area contributed by atoms with E-state index in [2.05, 4.69) is 5.32 Å². The molecule has 4 aromatic rings. The number of nitrogens with zero attached hydrogens (tertiary/aromatic N) is 3. The average Bonchev–Trinajstić information content (AvgIpc) is 3.09. The molecule has 0 bridgehead atoms. The first kappa shape index (κ1) is 35.6. The molecule has 1 atom stereocenters. The van der Waals surface area contributed by atoms with Crippen LogP contribution in [-0.2, 0) is 32.6 Å². The van der Waals surface area contributed by atoms with Crippen molar-refractivity contribution in [2.45, 2.75) is 50.6 Å². The lowest BCUT2D eigenvalue weighted by molar-refractivity contribution is -0.385. The Hall–Kier alpha value is -5.23. The second-order valence-electron chi connectivity index (χ2n) is 11.3. The SMILES string of the molecule is CCCCNC(=O)[C@H](Cc1ccccc1)N(Cc1ccccc1)C(=O)CN(c1ccc(OC)cc1)S(=O)(=O)c1ccc(C)c([N+](=O)[O-])c1. The van der Waals surface area contributed by atoms with Crippen LogP contribution in [0, 0.1) is 17.0 Å². The summed E-state index contributed by atoms with van der Waals surface area (Å²) in [7, 11) is -3.06. The zero-order chi connectivity index (χ0) is 34.7. The Balaban J connectivity index is 1.81. The van der Waals surface area contributed by atoms with Crippen LogP contribution in [0.3, 0.4) is 0 Å². The lowest BCUT2D eigenvalue weighted by Gasteiger charge is -2.34. The van der Waals surface area contributed by atoms with E-state index in [1.54, 1.807) is 12.1 Å². The van der Waals surface area contributed by atoms with E-state index in [0.29, 0.717) is 12.3 Å². The second-order valence-corrected chi connectivity index (χ2v) is 13.1. The number of hydrogen-bond acceptors (Lipinski definition) is 7. The number of carbonyl (C=O) groups is 2. The minimum Gasteiger partial charge on any atom is -0.497 e. The molecule has 0 heterocycles. The minimum atomic E-state index is -4.53. The molecule has 2 amide bonds. The largest absolute Gasteiger partial charge is 0.497 e. The number of anilines is 1. The number of nitro benzene ring substituents is 1. The van der Waals surface area contributed by atoms with Crippen LogP contribution in [0.5, 0.6) is 5.75 Å². The van der Waals surface area contributed by atoms with E-state index in [0.717, 1.165) is 34.3 Å². The van der Waals surface area contributed by atoms with Crippen molar-refractivity contribution in [2.24, 2.45) is 0 Å². The average molecular weight is 673 g/mol. The number of benzene rings is 4. The van der Waals surface area contributed by atoms with Crippen molar-refractivity contribution in [1.82, 2.24) is 10.2 Å². The van der Waals surface area contributed by atoms with Crippen LogP contribution in [0.4, 0.5) is 11.4 Å². The molecule has 0 saturated carbocycles. The third-order valence-electron chi connectivity index (χ3n) is 7.90. The predicted molar refractivity (Wildman–Crippen MR) is 184 cm³/mol. The first-order chi connectivity index (χ1) is 23.0. The monoisotopic (exact) mass is 672 g/mol. The van der Waals surface area contributed by atoms with Gasteiger partial charge in [-0.25, -0.2) is 8.42 Å². The molecule has 48 heavy (non-hydrogen) atoms. The standard InChI is InChI=1S/C36H40N4O7S/c1-4-5-22-37-36(42)34(23-28-12-8-6-9-13-28)38(25-29-14-10-7-11-15-29)35(41)26-39(30-17-19-31(47-3)20-18-30)48(45,46)32-21-16-27(2)33(24-32)40(43)44/h6-21,24,34H,4-5,22-23,25-26H2,1-3H3,(H,37,42)/t34-/m0/s1. The van der Waals surface area contributed by atoms with Gasteiger partial charge in [0, 0.05) is 31.1 Å². The van der Waals surface area contributed by atoms with Crippen molar-refractivity contribution in [3.8, 4) is 5.75 Å². The molecular weight excluding hydrogens is 632 g/mol. The third kappa shape index (κ3) is 8.97. The molecule has 0 radical (unpaired) electrons. The van der Waals surface area contributed by atoms with E-state index in [9.17, 15) is 28.1 Å². The number of rotatable bonds is 16. The molecule has 11 nitrogen and oxygen atoms in total. The number of nitrogens with one attached hydrogen (secondary N) is 1. The fourth-order valence-electron chi connectivity index (χ4n) is 5.19. The molecule has 12 heteroatoms. The van der Waals surface area contributed by atoms with E-state index < -0.39 is 33.4 Å². The molecule has 0 saturated heterocycles. The van der Waals surface area contributed by atoms with Gasteiger partial charge < -0.3 is 15.0 Å². The van der Waals surface area contributed by atoms with Gasteiger partial charge in [0.15, 0.2) is 0 Å². The van der Waals surface area contributed by atoms with Crippen molar-refractivity contribution in [3.63, 3.8) is 0 Å². The molecule has 4 aromatic carbocycles. The van der Waals surface area contributed by atoms with Gasteiger partial charge in [-0.3, -0.25) is 24.0 Å². The number of ether oxygens (including phenoxy) is 1. The van der Waals surface area contributed by atoms with Crippen LogP contribution in [0.2, 0.25) is 0 Å². The van der Waals surface area contributed by atoms with Gasteiger partial charge in [-0.2, -0.15) is 0 Å². The molecule has 0 aromatic heterocycles. The van der Waals surface area contributed by atoms with Gasteiger partial charge in [0.05, 0.1) is 22.6 Å². The topological polar surface area (TPSA) is 139 Å². The number of sulfonamides is 1. The van der Waals surface area contributed by atoms with Crippen molar-refractivity contribution in [3.05, 3.63) is 130 Å². The minimum absolute atomic E-state index is 0.0326. The highest BCUT2D eigenvalue weighted by Crippen LogP contribution is 2.30. The highest BCUT2D eigenvalue weighted by molar-refractivity contribution is 7.92. The summed E-state index contributed by atoms with van der Waals surface area (Å²) < 4.78 is 34.7. The summed E-state index contributed by atoms with van der Waals surface area (Å²) >= 11 is 0. The zero-order valence-corrected chi connectivity index (χ0v) is 28.1. The van der Waals surface area contributed by atoms with Gasteiger partial charge in [-0.1, -0.05) is 80.1 Å². The first-order valence-electron chi connectivity index (χ1n) is 15.6. The second kappa shape index (κ2) is 16.6. The maximum absolute atomic E-state index is 14.5. The maximum atomic E-state index is 14.5. The van der Waals surface area contributed by atoms with Crippen LogP contribution >= 0.6 is 0 Å². The lowest BCUT2D eigenvalue weighted by Crippen LogP contribution is -2.53. The van der Waals surface area contributed by atoms with Crippen LogP contribution in [0.1, 0.15) is 36.5 Å². The van der Waals surface area contributed by atoms with Gasteiger partial charge in [-0.05, 0) is 54.8 Å². The zero-order valence-electron chi connectivity index (χ0n) is 27.2. The van der Waals surface area contributed by atoms with Crippen molar-refractivity contribution in [1.29, 1.82) is 0 Å². The van der Waals surface area contributed by atoms with Gasteiger partial charge >= 0.3 is 0 Å². The number of amides is 2. The van der Waals surface area contributed by atoms with Crippen LogP contribution in [0.15, 0.2) is 108 Å². The highest BCUT2D eigenvalue weighted by Gasteiger charge is 2.35. The summed E-state index contributed by atoms with van der Waals surface area (Å²) in [4.78, 5) is 40.5. The van der Waals surface area contributed by atoms with Gasteiger partial charge in [0.1, 0.15) is 18.3 Å². The quantitative estimate of drug-likeness (QED) is 0.0920. The Morgan fingerprint density at radius 3 is 2.12 bits per heavy atom. The molecule has 0 spiro atoms. The van der Waals surface area contributed by atoms with E-state index in [-0.39, 0.29) is 40.7 Å². The predicted octanol–water partition coefficient (Wildman–Crippen LogP) is 5.66. The fraction of sp³-hybridized carbons (Fsp3) is 0.278. The van der Waals surface area contributed by atoms with Gasteiger partial charge in [0.25, 0.3) is 15.7 Å². The number of methoxy groups -OCH3 is 1. The van der Waals surface area contributed by atoms with Crippen molar-refractivity contribution >= 4 is 33.2 Å². The summed E-state index contributed by atoms with van der Waals surface area (Å²) in [6, 6.07) is 27.2. The van der Waals surface area contributed by atoms with E-state index in [1.807, 2.05) is 67.6 Å². The highest BCUT2D eigenvalue weighted by atomic mass is 32.2. The molecule has 4 rings (SSSR count). The summed E-state index contributed by atoms with van der Waals surface area (Å²) in [6.07, 6.45) is 1.81. The maximum Gasteiger partial charge on any atom is 0.273 e. The summed E-state index contributed by atoms with van der Waals surface area (Å²) in [5, 5.41) is 14.7. The van der Waals surface area contributed by atoms with Gasteiger partial charge in [0.2, 0.25) is 11.8 Å². The summed E-state index contributed by atoms with van der Waals surface area (Å²) in [5.41, 5.74) is 1.63. The molecule has 1 N–H and O–H groups in total. The Kier molecular flexibility index (Phi) is 12.3. The van der Waals surface area contributed by atoms with E-state index in [4.69, 9.17) is 4.74 Å². The molecule has 0 aliphatic heterocycles. The van der Waals surface area contributed by atoms with Crippen LogP contribution in [0.25, 0.3) is 0 Å². The van der Waals surface area contributed by atoms with Crippen LogP contribution < -0.4 is 14.4 Å². The number of aryl methyl sites for hydroxylation is 1. The smallest absolute Gasteiger partial charge is 0.273 e. The van der Waals surface area contributed by atoms with E-state index >= 15 is 0 Å². The van der Waals surface area contributed by atoms with Gasteiger partial charge in [-0.15, -0.1) is 0 Å². The molecule has 0 fully saturated rings. The van der Waals surface area contributed by atoms with E-state index in [1.165, 1.54) is 43.2 Å². The lowest BCUT2D eigenvalue weighted by atomic mass is 10.0. The van der Waals surface area contributed by atoms with Crippen molar-refractivity contribution < 1.29 is 27.7 Å². The first-order valence-corrected chi connectivity index (χ1v) is 17.1. The third-order valence-corrected chi connectivity index (χ3v) is 9.67. The summed E-state index contributed by atoms with van der Waals surface area (Å²) in [5.74, 6) is -0.526. The molecule has 0 aliphatic carbocycles. The number of unbranched alkanes of at least 4 members (excludes halogenated alkanes) is 1. The summed E-state index contributed by atoms with van der Waals surface area (Å²) in [6.45, 7) is 3.29. The normalized spacial score (nSPS) is 11.7.